The van der Waals surface area contributed by atoms with Gasteiger partial charge in [0.15, 0.2) is 5.96 Å². The van der Waals surface area contributed by atoms with Gasteiger partial charge < -0.3 is 92.0 Å². The number of hydrogen-bond donors (Lipinski definition) is 17. The molecule has 0 saturated heterocycles. The van der Waals surface area contributed by atoms with E-state index in [0.29, 0.717) is 31.2 Å². The van der Waals surface area contributed by atoms with Gasteiger partial charge in [0, 0.05) is 24.3 Å². The number of guanidine groups is 1. The van der Waals surface area contributed by atoms with Gasteiger partial charge in [-0.1, -0.05) is 93.9 Å². The van der Waals surface area contributed by atoms with Crippen molar-refractivity contribution in [1.29, 1.82) is 0 Å². The minimum absolute atomic E-state index is 0.00412. The number of amides is 11. The van der Waals surface area contributed by atoms with Crippen LogP contribution in [0.4, 0.5) is 0 Å². The number of carbonyl (C=O) groups is 11. The molecule has 29 nitrogen and oxygen atoms in total. The molecule has 0 bridgehead atoms. The SMILES string of the molecule is CC[C@H](C)[C@H](NC(=O)[C@H](Cc1cccs1)NC(=O)[C@H](CC(C)C)NC(=O)[C@H](CC(C)C)NC(=O)[C@H](CCCCN)NC(=O)[C@H](CCCN=C(N)N)NC(=O)[C@H](Cc1ccc(O)cc1)NC(=O)[C@@H](NC(=O)[C@H](C)NC(=O)[C@@H](N)CC(C)C)[C@@H](C)O)C(=O)N[C@@H](CC(C)C)C(N)=O. The van der Waals surface area contributed by atoms with Gasteiger partial charge in [-0.25, -0.2) is 0 Å². The minimum Gasteiger partial charge on any atom is -0.508 e. The fraction of sp³-hybridized carbons (Fsp3) is 0.662. The van der Waals surface area contributed by atoms with Crippen molar-refractivity contribution >= 4 is 82.3 Å². The van der Waals surface area contributed by atoms with E-state index in [1.807, 2.05) is 62.3 Å². The lowest BCUT2D eigenvalue weighted by Gasteiger charge is -2.30. The van der Waals surface area contributed by atoms with Gasteiger partial charge in [-0.15, -0.1) is 11.3 Å². The van der Waals surface area contributed by atoms with Crippen molar-refractivity contribution in [2.75, 3.05) is 13.1 Å². The van der Waals surface area contributed by atoms with E-state index in [2.05, 4.69) is 58.2 Å². The predicted molar refractivity (Wildman–Crippen MR) is 364 cm³/mol. The van der Waals surface area contributed by atoms with E-state index in [1.165, 1.54) is 49.4 Å². The average molecular weight is 1360 g/mol. The summed E-state index contributed by atoms with van der Waals surface area (Å²) in [6, 6.07) is -4.92. The number of phenolic OH excluding ortho intramolecular Hbond substituents is 1. The number of nitrogens with two attached hydrogens (primary N) is 5. The first kappa shape index (κ1) is 83.1. The van der Waals surface area contributed by atoms with Crippen LogP contribution >= 0.6 is 11.3 Å². The lowest BCUT2D eigenvalue weighted by Crippen LogP contribution is -2.62. The minimum atomic E-state index is -1.68. The number of nitrogens with one attached hydrogen (secondary N) is 10. The first-order valence-corrected chi connectivity index (χ1v) is 33.8. The van der Waals surface area contributed by atoms with Crippen LogP contribution in [-0.4, -0.2) is 167 Å². The summed E-state index contributed by atoms with van der Waals surface area (Å²) >= 11 is 1.34. The van der Waals surface area contributed by atoms with Gasteiger partial charge in [0.2, 0.25) is 65.0 Å². The molecule has 1 aromatic heterocycles. The van der Waals surface area contributed by atoms with Gasteiger partial charge in [-0.05, 0) is 137 Å². The number of aliphatic hydroxyl groups is 1. The Bertz CT molecular complexity index is 2820. The Balaban J connectivity index is 2.58. The monoisotopic (exact) mass is 1350 g/mol. The van der Waals surface area contributed by atoms with Gasteiger partial charge in [0.1, 0.15) is 66.2 Å². The third kappa shape index (κ3) is 31.4. The van der Waals surface area contributed by atoms with Crippen LogP contribution in [0.25, 0.3) is 0 Å². The maximum atomic E-state index is 14.7. The number of carbonyl (C=O) groups excluding carboxylic acids is 11. The Hall–Kier alpha value is -7.96. The van der Waals surface area contributed by atoms with Crippen molar-refractivity contribution in [3.05, 3.63) is 52.2 Å². The molecule has 1 aromatic carbocycles. The zero-order valence-electron chi connectivity index (χ0n) is 57.4. The lowest BCUT2D eigenvalue weighted by atomic mass is 9.96. The highest BCUT2D eigenvalue weighted by atomic mass is 32.1. The van der Waals surface area contributed by atoms with Gasteiger partial charge >= 0.3 is 0 Å². The highest BCUT2D eigenvalue weighted by Gasteiger charge is 2.38. The molecule has 95 heavy (non-hydrogen) atoms. The smallest absolute Gasteiger partial charge is 0.245 e. The van der Waals surface area contributed by atoms with Gasteiger partial charge in [-0.3, -0.25) is 57.7 Å². The van der Waals surface area contributed by atoms with Crippen LogP contribution in [0.15, 0.2) is 46.8 Å². The molecule has 2 aromatic rings. The number of unbranched alkanes of at least 4 members (excludes halogenated alkanes) is 1. The van der Waals surface area contributed by atoms with E-state index >= 15 is 0 Å². The second kappa shape index (κ2) is 42.5. The van der Waals surface area contributed by atoms with Crippen LogP contribution in [0.3, 0.4) is 0 Å². The number of aliphatic imine (C=N–C) groups is 1. The first-order chi connectivity index (χ1) is 44.6. The lowest BCUT2D eigenvalue weighted by molar-refractivity contribution is -0.137. The summed E-state index contributed by atoms with van der Waals surface area (Å²) in [5.74, 6) is -9.80. The Morgan fingerprint density at radius 1 is 0.484 bits per heavy atom. The quantitative estimate of drug-likeness (QED) is 0.0230. The Kier molecular flexibility index (Phi) is 37.2. The summed E-state index contributed by atoms with van der Waals surface area (Å²) < 4.78 is 0. The van der Waals surface area contributed by atoms with Crippen LogP contribution in [0.2, 0.25) is 0 Å². The number of benzene rings is 1. The number of aromatic hydroxyl groups is 1. The molecule has 0 fully saturated rings. The van der Waals surface area contributed by atoms with E-state index in [1.54, 1.807) is 24.4 Å². The fourth-order valence-corrected chi connectivity index (χ4v) is 10.9. The molecule has 0 unspecified atom stereocenters. The van der Waals surface area contributed by atoms with E-state index < -0.39 is 143 Å². The van der Waals surface area contributed by atoms with Crippen LogP contribution < -0.4 is 81.8 Å². The highest BCUT2D eigenvalue weighted by molar-refractivity contribution is 7.09. The van der Waals surface area contributed by atoms with E-state index in [9.17, 15) is 63.0 Å². The van der Waals surface area contributed by atoms with Crippen molar-refractivity contribution in [1.82, 2.24) is 53.2 Å². The van der Waals surface area contributed by atoms with Crippen molar-refractivity contribution in [2.24, 2.45) is 63.3 Å². The number of rotatable bonds is 44. The molecule has 22 N–H and O–H groups in total. The standard InChI is InChI=1S/C65H110N16O13S/c1-13-38(10)52(63(93)75-47(54(68)84)29-35(4)5)80-62(92)51(33-43-18-17-27-95-43)78-60(90)49(31-37(8)9)77-59(89)48(30-36(6)7)76-58(88)45(19-14-15-25-66)73-57(87)46(20-16-26-71-65(69)70)74-61(91)50(32-41-21-23-42(83)24-22-41)79-64(94)53(40(12)82)81-55(85)39(11)72-56(86)44(67)28-34(2)3/h17-18,21-24,27,34-40,44-53,82-83H,13-16,19-20,25-26,28-33,66-67H2,1-12H3,(H2,68,84)(H,72,86)(H,73,87)(H,74,91)(H,75,93)(H,76,88)(H,77,89)(H,78,90)(H,79,94)(H,80,92)(H,81,85)(H4,69,70,71)/t38-,39-,40+,44-,45-,46-,47-,48-,49-,50-,51-,52-,53-/m0/s1. The molecule has 13 atom stereocenters. The van der Waals surface area contributed by atoms with Crippen LogP contribution in [-0.2, 0) is 65.6 Å². The van der Waals surface area contributed by atoms with Crippen LogP contribution in [0.5, 0.6) is 5.75 Å². The number of phenols is 1. The highest BCUT2D eigenvalue weighted by Crippen LogP contribution is 2.18. The molecule has 30 heteroatoms. The Morgan fingerprint density at radius 2 is 0.916 bits per heavy atom. The summed E-state index contributed by atoms with van der Waals surface area (Å²) in [7, 11) is 0. The van der Waals surface area contributed by atoms with E-state index in [-0.39, 0.29) is 99.8 Å². The largest absolute Gasteiger partial charge is 0.508 e. The Labute approximate surface area is 563 Å². The molecule has 0 aliphatic rings. The molecular weight excluding hydrogens is 1240 g/mol. The maximum Gasteiger partial charge on any atom is 0.245 e. The Morgan fingerprint density at radius 3 is 1.39 bits per heavy atom. The topological polar surface area (TPSA) is 491 Å². The molecule has 1 heterocycles. The molecule has 0 spiro atoms. The van der Waals surface area contributed by atoms with E-state index in [4.69, 9.17) is 28.7 Å². The number of thiophene rings is 1. The van der Waals surface area contributed by atoms with Gasteiger partial charge in [0.25, 0.3) is 0 Å². The van der Waals surface area contributed by atoms with Crippen LogP contribution in [0.1, 0.15) is 158 Å². The van der Waals surface area contributed by atoms with Crippen molar-refractivity contribution in [3.8, 4) is 5.75 Å². The van der Waals surface area contributed by atoms with Gasteiger partial charge in [-0.2, -0.15) is 0 Å². The summed E-state index contributed by atoms with van der Waals surface area (Å²) in [5.41, 5.74) is 29.2. The predicted octanol–water partition coefficient (Wildman–Crippen LogP) is -0.287. The normalized spacial score (nSPS) is 15.5. The molecule has 0 aliphatic heterocycles. The summed E-state index contributed by atoms with van der Waals surface area (Å²) in [6.45, 7) is 21.2. The number of nitrogens with zero attached hydrogens (tertiary/aromatic N) is 1. The zero-order valence-corrected chi connectivity index (χ0v) is 58.2. The molecular formula is C65H110N16O13S. The average Bonchev–Trinajstić information content (AvgIpc) is 1.16. The summed E-state index contributed by atoms with van der Waals surface area (Å²) in [6.07, 6.45) is 0.0463. The molecule has 0 radical (unpaired) electrons. The fourth-order valence-electron chi connectivity index (χ4n) is 10.1. The van der Waals surface area contributed by atoms with Crippen molar-refractivity contribution < 1.29 is 63.0 Å². The molecule has 0 aliphatic carbocycles. The third-order valence-corrected chi connectivity index (χ3v) is 16.4. The molecule has 11 amide bonds. The first-order valence-electron chi connectivity index (χ1n) is 32.9. The summed E-state index contributed by atoms with van der Waals surface area (Å²) in [4.78, 5) is 159. The van der Waals surface area contributed by atoms with E-state index in [0.717, 1.165) is 4.88 Å². The van der Waals surface area contributed by atoms with Crippen molar-refractivity contribution in [3.63, 3.8) is 0 Å². The number of hydrogen-bond acceptors (Lipinski definition) is 17. The van der Waals surface area contributed by atoms with Gasteiger partial charge in [0.05, 0.1) is 12.1 Å². The zero-order chi connectivity index (χ0) is 71.8. The second-order valence-electron chi connectivity index (χ2n) is 26.2. The number of primary amides is 1. The van der Waals surface area contributed by atoms with Crippen LogP contribution in [0, 0.1) is 29.6 Å². The molecule has 0 saturated carbocycles. The molecule has 534 valence electrons. The van der Waals surface area contributed by atoms with Crippen molar-refractivity contribution in [2.45, 2.75) is 233 Å². The molecule has 2 rings (SSSR count). The summed E-state index contributed by atoms with van der Waals surface area (Å²) in [5, 5.41) is 49.6. The maximum absolute atomic E-state index is 14.7. The second-order valence-corrected chi connectivity index (χ2v) is 27.2. The third-order valence-electron chi connectivity index (χ3n) is 15.5. The number of aliphatic hydroxyl groups excluding tert-OH is 1.